The fourth-order valence-corrected chi connectivity index (χ4v) is 2.85. The Morgan fingerprint density at radius 3 is 2.69 bits per heavy atom. The van der Waals surface area contributed by atoms with E-state index in [9.17, 15) is 24.1 Å². The second-order valence-corrected chi connectivity index (χ2v) is 6.10. The van der Waals surface area contributed by atoms with Crippen LogP contribution in [0.25, 0.3) is 0 Å². The lowest BCUT2D eigenvalue weighted by Crippen LogP contribution is -2.28. The number of carbonyl (C=O) groups is 2. The van der Waals surface area contributed by atoms with Gasteiger partial charge in [-0.2, -0.15) is 0 Å². The summed E-state index contributed by atoms with van der Waals surface area (Å²) >= 11 is 0. The van der Waals surface area contributed by atoms with E-state index in [1.165, 1.54) is 30.3 Å². The van der Waals surface area contributed by atoms with Gasteiger partial charge < -0.3 is 10.2 Å². The van der Waals surface area contributed by atoms with Gasteiger partial charge in [0.05, 0.1) is 10.8 Å². The summed E-state index contributed by atoms with van der Waals surface area (Å²) in [7, 11) is 0. The van der Waals surface area contributed by atoms with Crippen LogP contribution in [0.2, 0.25) is 0 Å². The van der Waals surface area contributed by atoms with Gasteiger partial charge in [0.15, 0.2) is 0 Å². The molecule has 1 atom stereocenters. The fourth-order valence-electron chi connectivity index (χ4n) is 2.85. The first-order chi connectivity index (χ1) is 12.4. The Morgan fingerprint density at radius 2 is 2.00 bits per heavy atom. The molecule has 1 saturated heterocycles. The Morgan fingerprint density at radius 1 is 1.27 bits per heavy atom. The van der Waals surface area contributed by atoms with Gasteiger partial charge in [-0.05, 0) is 23.8 Å². The average Bonchev–Trinajstić information content (AvgIpc) is 2.98. The summed E-state index contributed by atoms with van der Waals surface area (Å²) in [5, 5.41) is 13.4. The highest BCUT2D eigenvalue weighted by atomic mass is 19.1. The summed E-state index contributed by atoms with van der Waals surface area (Å²) in [6.45, 7) is 0.552. The van der Waals surface area contributed by atoms with E-state index in [-0.39, 0.29) is 36.3 Å². The molecule has 0 radical (unpaired) electrons. The maximum Gasteiger partial charge on any atom is 0.271 e. The van der Waals surface area contributed by atoms with Crippen molar-refractivity contribution in [1.82, 2.24) is 4.90 Å². The number of non-ortho nitro benzene ring substituents is 1. The molecule has 2 aromatic rings. The Hall–Kier alpha value is -3.29. The van der Waals surface area contributed by atoms with Gasteiger partial charge in [0, 0.05) is 37.3 Å². The summed E-state index contributed by atoms with van der Waals surface area (Å²) in [5.41, 5.74) is 0.969. The number of nitrogens with zero attached hydrogens (tertiary/aromatic N) is 2. The zero-order chi connectivity index (χ0) is 18.7. The molecule has 8 heteroatoms. The molecule has 0 bridgehead atoms. The van der Waals surface area contributed by atoms with Crippen LogP contribution in [0.5, 0.6) is 0 Å². The molecule has 0 unspecified atom stereocenters. The normalized spacial score (nSPS) is 16.6. The van der Waals surface area contributed by atoms with Crippen LogP contribution in [0, 0.1) is 21.8 Å². The molecular weight excluding hydrogens is 341 g/mol. The van der Waals surface area contributed by atoms with E-state index in [0.717, 1.165) is 5.56 Å². The van der Waals surface area contributed by atoms with E-state index in [4.69, 9.17) is 0 Å². The van der Waals surface area contributed by atoms with Gasteiger partial charge in [-0.15, -0.1) is 0 Å². The number of nitro groups is 1. The lowest BCUT2D eigenvalue weighted by atomic mass is 10.1. The SMILES string of the molecule is O=C(Nc1cccc([N+](=O)[O-])c1)[C@H]1CC(=O)N(Cc2ccc(F)cc2)C1. The van der Waals surface area contributed by atoms with Crippen molar-refractivity contribution >= 4 is 23.2 Å². The minimum absolute atomic E-state index is 0.0714. The molecule has 1 fully saturated rings. The van der Waals surface area contributed by atoms with Crippen LogP contribution < -0.4 is 5.32 Å². The standard InChI is InChI=1S/C18H16FN3O4/c19-14-6-4-12(5-7-14)10-21-11-13(8-17(21)23)18(24)20-15-2-1-3-16(9-15)22(25)26/h1-7,9,13H,8,10-11H2,(H,20,24)/t13-/m0/s1. The summed E-state index contributed by atoms with van der Waals surface area (Å²) in [6.07, 6.45) is 0.0714. The number of nitro benzene ring substituents is 1. The second-order valence-electron chi connectivity index (χ2n) is 6.10. The number of amides is 2. The third-order valence-electron chi connectivity index (χ3n) is 4.20. The maximum absolute atomic E-state index is 13.0. The van der Waals surface area contributed by atoms with Crippen molar-refractivity contribution in [3.8, 4) is 0 Å². The van der Waals surface area contributed by atoms with Gasteiger partial charge in [0.25, 0.3) is 5.69 Å². The molecule has 7 nitrogen and oxygen atoms in total. The Labute approximate surface area is 148 Å². The van der Waals surface area contributed by atoms with E-state index >= 15 is 0 Å². The molecule has 1 heterocycles. The Balaban J connectivity index is 1.62. The van der Waals surface area contributed by atoms with Crippen LogP contribution in [0.3, 0.4) is 0 Å². The second kappa shape index (κ2) is 7.30. The Kier molecular flexibility index (Phi) is 4.92. The number of halogens is 1. The predicted octanol–water partition coefficient (Wildman–Crippen LogP) is 2.72. The third kappa shape index (κ3) is 4.02. The smallest absolute Gasteiger partial charge is 0.271 e. The van der Waals surface area contributed by atoms with Crippen LogP contribution in [0.4, 0.5) is 15.8 Å². The molecule has 0 aliphatic carbocycles. The van der Waals surface area contributed by atoms with Crippen molar-refractivity contribution in [3.05, 3.63) is 70.0 Å². The highest BCUT2D eigenvalue weighted by Gasteiger charge is 2.34. The number of rotatable bonds is 5. The minimum Gasteiger partial charge on any atom is -0.338 e. The number of hydrogen-bond donors (Lipinski definition) is 1. The van der Waals surface area contributed by atoms with Crippen molar-refractivity contribution in [1.29, 1.82) is 0 Å². The van der Waals surface area contributed by atoms with Crippen molar-refractivity contribution in [2.24, 2.45) is 5.92 Å². The zero-order valence-electron chi connectivity index (χ0n) is 13.7. The number of likely N-dealkylation sites (tertiary alicyclic amines) is 1. The maximum atomic E-state index is 13.0. The van der Waals surface area contributed by atoms with Gasteiger partial charge in [-0.1, -0.05) is 18.2 Å². The summed E-state index contributed by atoms with van der Waals surface area (Å²) in [6, 6.07) is 11.5. The molecule has 0 saturated carbocycles. The largest absolute Gasteiger partial charge is 0.338 e. The molecule has 1 N–H and O–H groups in total. The highest BCUT2D eigenvalue weighted by molar-refractivity contribution is 5.97. The predicted molar refractivity (Wildman–Crippen MR) is 91.7 cm³/mol. The zero-order valence-corrected chi connectivity index (χ0v) is 13.7. The lowest BCUT2D eigenvalue weighted by Gasteiger charge is -2.16. The first kappa shape index (κ1) is 17.5. The average molecular weight is 357 g/mol. The molecule has 134 valence electrons. The van der Waals surface area contributed by atoms with Gasteiger partial charge in [0.1, 0.15) is 5.82 Å². The van der Waals surface area contributed by atoms with Crippen LogP contribution in [-0.4, -0.2) is 28.2 Å². The van der Waals surface area contributed by atoms with Gasteiger partial charge in [0.2, 0.25) is 11.8 Å². The molecule has 26 heavy (non-hydrogen) atoms. The van der Waals surface area contributed by atoms with Crippen LogP contribution in [-0.2, 0) is 16.1 Å². The first-order valence-corrected chi connectivity index (χ1v) is 8.00. The molecule has 2 amide bonds. The number of anilines is 1. The summed E-state index contributed by atoms with van der Waals surface area (Å²) < 4.78 is 13.0. The fraction of sp³-hybridized carbons (Fsp3) is 0.222. The van der Waals surface area contributed by atoms with Crippen LogP contribution >= 0.6 is 0 Å². The minimum atomic E-state index is -0.542. The van der Waals surface area contributed by atoms with Crippen LogP contribution in [0.15, 0.2) is 48.5 Å². The van der Waals surface area contributed by atoms with E-state index in [1.54, 1.807) is 23.1 Å². The van der Waals surface area contributed by atoms with Crippen molar-refractivity contribution < 1.29 is 18.9 Å². The quantitative estimate of drug-likeness (QED) is 0.658. The molecular formula is C18H16FN3O4. The van der Waals surface area contributed by atoms with Crippen molar-refractivity contribution in [2.45, 2.75) is 13.0 Å². The topological polar surface area (TPSA) is 92.5 Å². The first-order valence-electron chi connectivity index (χ1n) is 8.00. The van der Waals surface area contributed by atoms with E-state index in [2.05, 4.69) is 5.32 Å². The summed E-state index contributed by atoms with van der Waals surface area (Å²) in [5.74, 6) is -1.41. The number of benzene rings is 2. The molecule has 2 aromatic carbocycles. The van der Waals surface area contributed by atoms with Gasteiger partial charge in [-0.25, -0.2) is 4.39 Å². The van der Waals surface area contributed by atoms with Crippen LogP contribution in [0.1, 0.15) is 12.0 Å². The van der Waals surface area contributed by atoms with E-state index < -0.39 is 10.8 Å². The van der Waals surface area contributed by atoms with E-state index in [1.807, 2.05) is 0 Å². The van der Waals surface area contributed by atoms with Gasteiger partial charge in [-0.3, -0.25) is 19.7 Å². The molecule has 1 aliphatic heterocycles. The van der Waals surface area contributed by atoms with Crippen molar-refractivity contribution in [3.63, 3.8) is 0 Å². The number of hydrogen-bond acceptors (Lipinski definition) is 4. The summed E-state index contributed by atoms with van der Waals surface area (Å²) in [4.78, 5) is 36.3. The number of carbonyl (C=O) groups excluding carboxylic acids is 2. The Bertz CT molecular complexity index is 854. The van der Waals surface area contributed by atoms with Crippen molar-refractivity contribution in [2.75, 3.05) is 11.9 Å². The third-order valence-corrected chi connectivity index (χ3v) is 4.20. The molecule has 1 aliphatic rings. The molecule has 0 aromatic heterocycles. The molecule has 3 rings (SSSR count). The van der Waals surface area contributed by atoms with E-state index in [0.29, 0.717) is 12.2 Å². The lowest BCUT2D eigenvalue weighted by molar-refractivity contribution is -0.384. The van der Waals surface area contributed by atoms with Gasteiger partial charge >= 0.3 is 0 Å². The highest BCUT2D eigenvalue weighted by Crippen LogP contribution is 2.23. The monoisotopic (exact) mass is 357 g/mol. The molecule has 0 spiro atoms. The number of nitrogens with one attached hydrogen (secondary N) is 1.